The van der Waals surface area contributed by atoms with Crippen molar-refractivity contribution in [1.82, 2.24) is 9.55 Å². The second kappa shape index (κ2) is 4.31. The van der Waals surface area contributed by atoms with Crippen LogP contribution in [0.5, 0.6) is 0 Å². The van der Waals surface area contributed by atoms with Gasteiger partial charge >= 0.3 is 0 Å². The Balaban J connectivity index is 2.46. The number of benzene rings is 2. The molecular weight excluding hydrogens is 262 g/mol. The number of imidazole rings is 1. The van der Waals surface area contributed by atoms with E-state index in [-0.39, 0.29) is 17.0 Å². The summed E-state index contributed by atoms with van der Waals surface area (Å²) >= 11 is 0. The van der Waals surface area contributed by atoms with Crippen LogP contribution in [-0.4, -0.2) is 9.55 Å². The summed E-state index contributed by atoms with van der Waals surface area (Å²) < 4.78 is 28.7. The van der Waals surface area contributed by atoms with Crippen molar-refractivity contribution in [3.8, 4) is 11.8 Å². The number of hydrogen-bond acceptors (Lipinski definition) is 3. The van der Waals surface area contributed by atoms with E-state index in [1.807, 2.05) is 6.07 Å². The summed E-state index contributed by atoms with van der Waals surface area (Å²) in [6, 6.07) is 10.8. The number of hydrogen-bond donors (Lipinski definition) is 1. The first-order valence-corrected chi connectivity index (χ1v) is 5.75. The molecule has 1 heterocycles. The molecule has 3 rings (SSSR count). The number of halogens is 2. The van der Waals surface area contributed by atoms with Crippen molar-refractivity contribution in [3.63, 3.8) is 0 Å². The van der Waals surface area contributed by atoms with Gasteiger partial charge in [0.05, 0.1) is 16.8 Å². The van der Waals surface area contributed by atoms with Crippen molar-refractivity contribution in [2.45, 2.75) is 0 Å². The van der Waals surface area contributed by atoms with E-state index in [9.17, 15) is 8.78 Å². The zero-order valence-corrected chi connectivity index (χ0v) is 10.1. The molecule has 1 aromatic heterocycles. The predicted molar refractivity (Wildman–Crippen MR) is 70.1 cm³/mol. The second-order valence-electron chi connectivity index (χ2n) is 4.16. The molecule has 0 fully saturated rings. The van der Waals surface area contributed by atoms with Gasteiger partial charge in [0.25, 0.3) is 0 Å². The number of anilines is 1. The van der Waals surface area contributed by atoms with E-state index in [1.165, 1.54) is 10.6 Å². The van der Waals surface area contributed by atoms with Crippen molar-refractivity contribution in [1.29, 1.82) is 5.26 Å². The van der Waals surface area contributed by atoms with Gasteiger partial charge in [0.15, 0.2) is 11.6 Å². The summed E-state index contributed by atoms with van der Waals surface area (Å²) in [4.78, 5) is 3.99. The fourth-order valence-corrected chi connectivity index (χ4v) is 2.13. The Hall–Kier alpha value is -2.94. The van der Waals surface area contributed by atoms with E-state index in [0.29, 0.717) is 11.3 Å². The van der Waals surface area contributed by atoms with Crippen LogP contribution in [-0.2, 0) is 0 Å². The number of nitrogens with zero attached hydrogens (tertiary/aromatic N) is 3. The minimum atomic E-state index is -1.04. The molecule has 0 radical (unpaired) electrons. The zero-order valence-electron chi connectivity index (χ0n) is 10.1. The Labute approximate surface area is 112 Å². The van der Waals surface area contributed by atoms with E-state index < -0.39 is 11.6 Å². The second-order valence-corrected chi connectivity index (χ2v) is 4.16. The van der Waals surface area contributed by atoms with Crippen LogP contribution >= 0.6 is 0 Å². The SMILES string of the molecule is N#Cc1ccccc1-n1c(N)nc2ccc(F)c(F)c21. The highest BCUT2D eigenvalue weighted by molar-refractivity contribution is 5.82. The van der Waals surface area contributed by atoms with E-state index in [0.717, 1.165) is 6.07 Å². The van der Waals surface area contributed by atoms with Crippen LogP contribution in [0.15, 0.2) is 36.4 Å². The summed E-state index contributed by atoms with van der Waals surface area (Å²) in [5.41, 5.74) is 6.59. The normalized spacial score (nSPS) is 10.7. The van der Waals surface area contributed by atoms with Gasteiger partial charge in [0.2, 0.25) is 5.95 Å². The third-order valence-corrected chi connectivity index (χ3v) is 3.00. The minimum absolute atomic E-state index is 0.00722. The summed E-state index contributed by atoms with van der Waals surface area (Å²) in [6.07, 6.45) is 0. The molecule has 3 aromatic rings. The quantitative estimate of drug-likeness (QED) is 0.739. The highest BCUT2D eigenvalue weighted by Crippen LogP contribution is 2.28. The van der Waals surface area contributed by atoms with Gasteiger partial charge < -0.3 is 5.73 Å². The number of nitrogen functional groups attached to an aromatic ring is 1. The Morgan fingerprint density at radius 3 is 2.65 bits per heavy atom. The maximum absolute atomic E-state index is 14.0. The number of para-hydroxylation sites is 1. The summed E-state index contributed by atoms with van der Waals surface area (Å²) in [6.45, 7) is 0. The van der Waals surface area contributed by atoms with Gasteiger partial charge in [-0.15, -0.1) is 0 Å². The van der Waals surface area contributed by atoms with Gasteiger partial charge in [-0.25, -0.2) is 13.8 Å². The Morgan fingerprint density at radius 2 is 1.90 bits per heavy atom. The van der Waals surface area contributed by atoms with Gasteiger partial charge in [-0.1, -0.05) is 12.1 Å². The molecule has 0 aliphatic rings. The monoisotopic (exact) mass is 270 g/mol. The van der Waals surface area contributed by atoms with Crippen LogP contribution in [0.3, 0.4) is 0 Å². The molecule has 0 saturated carbocycles. The first kappa shape index (κ1) is 12.1. The van der Waals surface area contributed by atoms with Crippen LogP contribution in [0, 0.1) is 23.0 Å². The molecule has 0 amide bonds. The molecule has 20 heavy (non-hydrogen) atoms. The first-order chi connectivity index (χ1) is 9.63. The molecule has 2 N–H and O–H groups in total. The molecule has 6 heteroatoms. The van der Waals surface area contributed by atoms with Gasteiger partial charge in [-0.2, -0.15) is 5.26 Å². The highest BCUT2D eigenvalue weighted by Gasteiger charge is 2.18. The highest BCUT2D eigenvalue weighted by atomic mass is 19.2. The molecule has 0 saturated heterocycles. The fraction of sp³-hybridized carbons (Fsp3) is 0. The minimum Gasteiger partial charge on any atom is -0.369 e. The van der Waals surface area contributed by atoms with Crippen molar-refractivity contribution in [2.24, 2.45) is 0 Å². The first-order valence-electron chi connectivity index (χ1n) is 5.75. The van der Waals surface area contributed by atoms with Crippen LogP contribution in [0.4, 0.5) is 14.7 Å². The molecule has 98 valence electrons. The van der Waals surface area contributed by atoms with Gasteiger partial charge in [-0.05, 0) is 24.3 Å². The van der Waals surface area contributed by atoms with Crippen molar-refractivity contribution in [3.05, 3.63) is 53.6 Å². The van der Waals surface area contributed by atoms with E-state index in [2.05, 4.69) is 4.98 Å². The van der Waals surface area contributed by atoms with Crippen molar-refractivity contribution < 1.29 is 8.78 Å². The lowest BCUT2D eigenvalue weighted by Crippen LogP contribution is -2.04. The van der Waals surface area contributed by atoms with Crippen LogP contribution in [0.2, 0.25) is 0 Å². The predicted octanol–water partition coefficient (Wildman–Crippen LogP) is 2.76. The molecule has 0 atom stereocenters. The Morgan fingerprint density at radius 1 is 1.15 bits per heavy atom. The van der Waals surface area contributed by atoms with Gasteiger partial charge in [-0.3, -0.25) is 4.57 Å². The van der Waals surface area contributed by atoms with E-state index in [1.54, 1.807) is 24.3 Å². The molecule has 2 aromatic carbocycles. The number of fused-ring (bicyclic) bond motifs is 1. The average molecular weight is 270 g/mol. The third-order valence-electron chi connectivity index (χ3n) is 3.00. The largest absolute Gasteiger partial charge is 0.369 e. The molecule has 0 unspecified atom stereocenters. The molecule has 0 spiro atoms. The standard InChI is InChI=1S/C14H8F2N4/c15-9-5-6-10-13(12(9)16)20(14(18)19-10)11-4-2-1-3-8(11)7-17/h1-6H,(H2,18,19). The summed E-state index contributed by atoms with van der Waals surface area (Å²) in [5.74, 6) is -2.04. The lowest BCUT2D eigenvalue weighted by molar-refractivity contribution is 0.514. The number of nitrogens with two attached hydrogens (primary N) is 1. The Bertz CT molecular complexity index is 861. The number of aromatic nitrogens is 2. The van der Waals surface area contributed by atoms with E-state index >= 15 is 0 Å². The third kappa shape index (κ3) is 1.61. The van der Waals surface area contributed by atoms with Crippen molar-refractivity contribution in [2.75, 3.05) is 5.73 Å². The lowest BCUT2D eigenvalue weighted by Gasteiger charge is -2.08. The van der Waals surface area contributed by atoms with E-state index in [4.69, 9.17) is 11.0 Å². The van der Waals surface area contributed by atoms with Crippen LogP contribution in [0.25, 0.3) is 16.7 Å². The maximum atomic E-state index is 14.0. The fourth-order valence-electron chi connectivity index (χ4n) is 2.13. The van der Waals surface area contributed by atoms with Crippen LogP contribution in [0.1, 0.15) is 5.56 Å². The van der Waals surface area contributed by atoms with Crippen molar-refractivity contribution >= 4 is 17.0 Å². The molecule has 0 aliphatic heterocycles. The summed E-state index contributed by atoms with van der Waals surface area (Å²) in [7, 11) is 0. The lowest BCUT2D eigenvalue weighted by atomic mass is 10.2. The van der Waals surface area contributed by atoms with Gasteiger partial charge in [0, 0.05) is 0 Å². The summed E-state index contributed by atoms with van der Waals surface area (Å²) in [5, 5.41) is 9.11. The smallest absolute Gasteiger partial charge is 0.206 e. The number of rotatable bonds is 1. The number of nitriles is 1. The Kier molecular flexibility index (Phi) is 2.61. The molecule has 4 nitrogen and oxygen atoms in total. The molecule has 0 bridgehead atoms. The molecule has 0 aliphatic carbocycles. The zero-order chi connectivity index (χ0) is 14.3. The van der Waals surface area contributed by atoms with Crippen LogP contribution < -0.4 is 5.73 Å². The average Bonchev–Trinajstić information content (AvgIpc) is 2.80. The van der Waals surface area contributed by atoms with Gasteiger partial charge in [0.1, 0.15) is 11.6 Å². The topological polar surface area (TPSA) is 67.6 Å². The maximum Gasteiger partial charge on any atom is 0.206 e. The molecular formula is C14H8F2N4.